The highest BCUT2D eigenvalue weighted by molar-refractivity contribution is 6.32. The highest BCUT2D eigenvalue weighted by Gasteiger charge is 2.10. The molecule has 0 aliphatic heterocycles. The molecule has 1 aromatic carbocycles. The summed E-state index contributed by atoms with van der Waals surface area (Å²) in [6, 6.07) is 6.39. The summed E-state index contributed by atoms with van der Waals surface area (Å²) < 4.78 is 9.97. The summed E-state index contributed by atoms with van der Waals surface area (Å²) >= 11 is 5.98. The molecule has 0 bridgehead atoms. The van der Waals surface area contributed by atoms with Crippen molar-refractivity contribution in [2.75, 3.05) is 19.5 Å². The van der Waals surface area contributed by atoms with Crippen LogP contribution in [0.2, 0.25) is 5.02 Å². The molecule has 0 fully saturated rings. The third-order valence-corrected chi connectivity index (χ3v) is 2.79. The quantitative estimate of drug-likeness (QED) is 0.937. The van der Waals surface area contributed by atoms with Crippen LogP contribution in [0, 0.1) is 0 Å². The van der Waals surface area contributed by atoms with Gasteiger partial charge in [-0.05, 0) is 18.2 Å². The zero-order valence-electron chi connectivity index (χ0n) is 10.9. The Hall–Kier alpha value is -2.34. The number of hydrogen-bond donors (Lipinski definition) is 1. The Morgan fingerprint density at radius 2 is 2.00 bits per heavy atom. The Morgan fingerprint density at radius 3 is 2.65 bits per heavy atom. The van der Waals surface area contributed by atoms with Gasteiger partial charge in [0.15, 0.2) is 0 Å². The molecular formula is C13H12ClN3O3. The lowest BCUT2D eigenvalue weighted by Crippen LogP contribution is -2.14. The van der Waals surface area contributed by atoms with Crippen molar-refractivity contribution >= 4 is 23.2 Å². The first-order valence-electron chi connectivity index (χ1n) is 5.65. The third kappa shape index (κ3) is 3.16. The van der Waals surface area contributed by atoms with E-state index in [2.05, 4.69) is 15.3 Å². The predicted octanol–water partition coefficient (Wildman–Crippen LogP) is 2.40. The number of aromatic nitrogens is 2. The van der Waals surface area contributed by atoms with Crippen LogP contribution < -0.4 is 14.8 Å². The SMILES string of the molecule is COc1cc(C(=O)Nc2ccc(OC)c(Cl)c2)ncn1. The summed E-state index contributed by atoms with van der Waals surface area (Å²) in [6.45, 7) is 0. The minimum absolute atomic E-state index is 0.198. The number of carbonyl (C=O) groups is 1. The van der Waals surface area contributed by atoms with Gasteiger partial charge in [-0.25, -0.2) is 9.97 Å². The molecule has 1 amide bonds. The number of amides is 1. The van der Waals surface area contributed by atoms with Gasteiger partial charge >= 0.3 is 0 Å². The molecular weight excluding hydrogens is 282 g/mol. The van der Waals surface area contributed by atoms with E-state index in [0.717, 1.165) is 0 Å². The summed E-state index contributed by atoms with van der Waals surface area (Å²) in [5.41, 5.74) is 0.738. The van der Waals surface area contributed by atoms with Gasteiger partial charge in [-0.2, -0.15) is 0 Å². The van der Waals surface area contributed by atoms with Crippen LogP contribution in [0.3, 0.4) is 0 Å². The first kappa shape index (κ1) is 14.1. The molecule has 2 aromatic rings. The number of methoxy groups -OCH3 is 2. The minimum Gasteiger partial charge on any atom is -0.495 e. The number of benzene rings is 1. The van der Waals surface area contributed by atoms with Crippen LogP contribution in [0.4, 0.5) is 5.69 Å². The number of nitrogens with one attached hydrogen (secondary N) is 1. The number of nitrogens with zero attached hydrogens (tertiary/aromatic N) is 2. The largest absolute Gasteiger partial charge is 0.495 e. The number of rotatable bonds is 4. The van der Waals surface area contributed by atoms with Crippen LogP contribution >= 0.6 is 11.6 Å². The van der Waals surface area contributed by atoms with Gasteiger partial charge in [0.2, 0.25) is 5.88 Å². The average Bonchev–Trinajstić information content (AvgIpc) is 2.47. The van der Waals surface area contributed by atoms with Crippen LogP contribution in [0.1, 0.15) is 10.5 Å². The summed E-state index contributed by atoms with van der Waals surface area (Å²) in [5, 5.41) is 3.08. The lowest BCUT2D eigenvalue weighted by Gasteiger charge is -2.08. The molecule has 1 aromatic heterocycles. The van der Waals surface area contributed by atoms with Crippen molar-refractivity contribution < 1.29 is 14.3 Å². The monoisotopic (exact) mass is 293 g/mol. The van der Waals surface area contributed by atoms with Gasteiger partial charge in [0.1, 0.15) is 17.8 Å². The van der Waals surface area contributed by atoms with E-state index in [4.69, 9.17) is 21.1 Å². The smallest absolute Gasteiger partial charge is 0.274 e. The zero-order chi connectivity index (χ0) is 14.5. The van der Waals surface area contributed by atoms with E-state index in [1.54, 1.807) is 18.2 Å². The van der Waals surface area contributed by atoms with E-state index in [-0.39, 0.29) is 11.6 Å². The Balaban J connectivity index is 2.16. The summed E-state index contributed by atoms with van der Waals surface area (Å²) in [6.07, 6.45) is 1.26. The van der Waals surface area contributed by atoms with Crippen molar-refractivity contribution in [1.29, 1.82) is 0 Å². The number of ether oxygens (including phenoxy) is 2. The molecule has 0 atom stereocenters. The molecule has 104 valence electrons. The first-order chi connectivity index (χ1) is 9.63. The minimum atomic E-state index is -0.382. The van der Waals surface area contributed by atoms with Gasteiger partial charge in [-0.15, -0.1) is 0 Å². The van der Waals surface area contributed by atoms with Crippen molar-refractivity contribution in [3.05, 3.63) is 41.3 Å². The van der Waals surface area contributed by atoms with Crippen molar-refractivity contribution in [1.82, 2.24) is 9.97 Å². The molecule has 0 radical (unpaired) electrons. The topological polar surface area (TPSA) is 73.3 Å². The maximum atomic E-state index is 12.0. The number of hydrogen-bond acceptors (Lipinski definition) is 5. The molecule has 6 nitrogen and oxygen atoms in total. The van der Waals surface area contributed by atoms with Gasteiger partial charge in [-0.1, -0.05) is 11.6 Å². The van der Waals surface area contributed by atoms with Gasteiger partial charge in [-0.3, -0.25) is 4.79 Å². The van der Waals surface area contributed by atoms with E-state index >= 15 is 0 Å². The van der Waals surface area contributed by atoms with Gasteiger partial charge in [0.05, 0.1) is 19.2 Å². The first-order valence-corrected chi connectivity index (χ1v) is 6.02. The lowest BCUT2D eigenvalue weighted by atomic mass is 10.3. The fraction of sp³-hybridized carbons (Fsp3) is 0.154. The van der Waals surface area contributed by atoms with E-state index in [9.17, 15) is 4.79 Å². The molecule has 0 aliphatic carbocycles. The second-order valence-electron chi connectivity index (χ2n) is 3.75. The lowest BCUT2D eigenvalue weighted by molar-refractivity contribution is 0.102. The van der Waals surface area contributed by atoms with E-state index < -0.39 is 0 Å². The maximum absolute atomic E-state index is 12.0. The van der Waals surface area contributed by atoms with Crippen LogP contribution in [0.5, 0.6) is 11.6 Å². The third-order valence-electron chi connectivity index (χ3n) is 2.49. The predicted molar refractivity (Wildman–Crippen MR) is 74.5 cm³/mol. The Bertz CT molecular complexity index is 634. The van der Waals surface area contributed by atoms with Crippen LogP contribution in [0.15, 0.2) is 30.6 Å². The van der Waals surface area contributed by atoms with Crippen LogP contribution in [-0.4, -0.2) is 30.1 Å². The second kappa shape index (κ2) is 6.21. The second-order valence-corrected chi connectivity index (χ2v) is 4.16. The molecule has 2 rings (SSSR count). The van der Waals surface area contributed by atoms with Gasteiger partial charge in [0.25, 0.3) is 5.91 Å². The fourth-order valence-corrected chi connectivity index (χ4v) is 1.77. The molecule has 1 heterocycles. The number of anilines is 1. The summed E-state index contributed by atoms with van der Waals surface area (Å²) in [7, 11) is 2.99. The van der Waals surface area contributed by atoms with Gasteiger partial charge < -0.3 is 14.8 Å². The average molecular weight is 294 g/mol. The molecule has 0 saturated heterocycles. The molecule has 0 saturated carbocycles. The molecule has 0 aliphatic rings. The molecule has 0 spiro atoms. The van der Waals surface area contributed by atoms with Crippen LogP contribution in [0.25, 0.3) is 0 Å². The highest BCUT2D eigenvalue weighted by Crippen LogP contribution is 2.27. The normalized spacial score (nSPS) is 9.95. The standard InChI is InChI=1S/C13H12ClN3O3/c1-19-11-4-3-8(5-9(11)14)17-13(18)10-6-12(20-2)16-7-15-10/h3-7H,1-2H3,(H,17,18). The van der Waals surface area contributed by atoms with Crippen molar-refractivity contribution in [2.45, 2.75) is 0 Å². The molecule has 0 unspecified atom stereocenters. The van der Waals surface area contributed by atoms with Crippen molar-refractivity contribution in [3.8, 4) is 11.6 Å². The maximum Gasteiger partial charge on any atom is 0.274 e. The zero-order valence-corrected chi connectivity index (χ0v) is 11.6. The van der Waals surface area contributed by atoms with Crippen LogP contribution in [-0.2, 0) is 0 Å². The Morgan fingerprint density at radius 1 is 1.20 bits per heavy atom. The Kier molecular flexibility index (Phi) is 4.37. The molecule has 7 heteroatoms. The fourth-order valence-electron chi connectivity index (χ4n) is 1.51. The molecule has 1 N–H and O–H groups in total. The summed E-state index contributed by atoms with van der Waals surface area (Å²) in [4.78, 5) is 19.7. The summed E-state index contributed by atoms with van der Waals surface area (Å²) in [5.74, 6) is 0.471. The number of carbonyl (C=O) groups excluding carboxylic acids is 1. The number of halogens is 1. The molecule has 20 heavy (non-hydrogen) atoms. The van der Waals surface area contributed by atoms with Gasteiger partial charge in [0, 0.05) is 11.8 Å². The van der Waals surface area contributed by atoms with E-state index in [0.29, 0.717) is 22.3 Å². The van der Waals surface area contributed by atoms with Crippen molar-refractivity contribution in [2.24, 2.45) is 0 Å². The van der Waals surface area contributed by atoms with Crippen molar-refractivity contribution in [3.63, 3.8) is 0 Å². The van der Waals surface area contributed by atoms with E-state index in [1.165, 1.54) is 26.6 Å². The Labute approximate surface area is 120 Å². The van der Waals surface area contributed by atoms with E-state index in [1.807, 2.05) is 0 Å². The highest BCUT2D eigenvalue weighted by atomic mass is 35.5.